The van der Waals surface area contributed by atoms with Gasteiger partial charge in [0, 0.05) is 5.56 Å². The molecule has 9 N–H and O–H groups in total. The molecule has 0 atom stereocenters. The van der Waals surface area contributed by atoms with Gasteiger partial charge in [-0.15, -0.1) is 0 Å². The lowest BCUT2D eigenvalue weighted by atomic mass is 9.87. The van der Waals surface area contributed by atoms with Crippen molar-refractivity contribution in [3.8, 4) is 11.4 Å². The zero-order valence-electron chi connectivity index (χ0n) is 13.8. The number of nitrogen functional groups attached to an aromatic ring is 1. The van der Waals surface area contributed by atoms with E-state index in [9.17, 15) is 25.5 Å². The topological polar surface area (TPSA) is 198 Å². The number of rotatable bonds is 8. The second-order valence-electron chi connectivity index (χ2n) is 5.23. The predicted molar refractivity (Wildman–Crippen MR) is 90.0 cm³/mol. The molecular formula is C15H21N5O6. The Kier molecular flexibility index (Phi) is 6.74. The monoisotopic (exact) mass is 367 g/mol. The van der Waals surface area contributed by atoms with Crippen molar-refractivity contribution in [3.05, 3.63) is 27.8 Å². The van der Waals surface area contributed by atoms with Crippen LogP contribution in [0, 0.1) is 0 Å². The van der Waals surface area contributed by atoms with Crippen LogP contribution in [-0.2, 0) is 33.0 Å². The molecule has 0 bridgehead atoms. The second kappa shape index (κ2) is 8.80. The molecule has 0 spiro atoms. The minimum Gasteiger partial charge on any atom is -0.392 e. The summed E-state index contributed by atoms with van der Waals surface area (Å²) < 4.78 is 0. The van der Waals surface area contributed by atoms with Crippen LogP contribution < -0.4 is 11.1 Å². The first-order valence-corrected chi connectivity index (χ1v) is 7.65. The molecule has 142 valence electrons. The molecule has 0 amide bonds. The van der Waals surface area contributed by atoms with Gasteiger partial charge in [-0.3, -0.25) is 0 Å². The fraction of sp³-hybridized carbons (Fsp3) is 0.400. The van der Waals surface area contributed by atoms with E-state index in [0.717, 1.165) is 0 Å². The Bertz CT molecular complexity index is 753. The highest BCUT2D eigenvalue weighted by atomic mass is 16.3. The summed E-state index contributed by atoms with van der Waals surface area (Å²) in [6.07, 6.45) is 0. The number of aliphatic hydroxyl groups is 6. The number of hydrogen-bond donors (Lipinski definition) is 8. The lowest BCUT2D eigenvalue weighted by molar-refractivity contribution is 0.233. The number of aromatic nitrogens is 3. The summed E-state index contributed by atoms with van der Waals surface area (Å²) in [6.45, 7) is -3.13. The number of nitrogens with one attached hydrogen (secondary N) is 1. The van der Waals surface area contributed by atoms with Crippen molar-refractivity contribution in [1.82, 2.24) is 15.0 Å². The highest BCUT2D eigenvalue weighted by Crippen LogP contribution is 2.35. The average Bonchev–Trinajstić information content (AvgIpc) is 2.64. The Balaban J connectivity index is 2.91. The highest BCUT2D eigenvalue weighted by Gasteiger charge is 2.25. The van der Waals surface area contributed by atoms with Gasteiger partial charge in [0.1, 0.15) is 6.73 Å². The van der Waals surface area contributed by atoms with E-state index in [1.165, 1.54) is 0 Å². The summed E-state index contributed by atoms with van der Waals surface area (Å²) in [5.74, 6) is -0.249. The van der Waals surface area contributed by atoms with Crippen molar-refractivity contribution in [2.45, 2.75) is 33.0 Å². The maximum absolute atomic E-state index is 9.84. The van der Waals surface area contributed by atoms with E-state index in [1.54, 1.807) is 0 Å². The van der Waals surface area contributed by atoms with Crippen LogP contribution in [0.25, 0.3) is 11.4 Å². The third-order valence-electron chi connectivity index (χ3n) is 3.96. The van der Waals surface area contributed by atoms with Gasteiger partial charge in [-0.2, -0.15) is 15.0 Å². The van der Waals surface area contributed by atoms with Gasteiger partial charge in [0.05, 0.1) is 33.0 Å². The van der Waals surface area contributed by atoms with E-state index in [4.69, 9.17) is 10.8 Å². The summed E-state index contributed by atoms with van der Waals surface area (Å²) in [5.41, 5.74) is 6.78. The van der Waals surface area contributed by atoms with Crippen LogP contribution in [0.5, 0.6) is 0 Å². The molecule has 1 aromatic carbocycles. The first kappa shape index (κ1) is 19.9. The Labute approximate surface area is 148 Å². The van der Waals surface area contributed by atoms with Gasteiger partial charge in [-0.1, -0.05) is 0 Å². The summed E-state index contributed by atoms with van der Waals surface area (Å²) >= 11 is 0. The van der Waals surface area contributed by atoms with Crippen LogP contribution in [0.1, 0.15) is 27.8 Å². The number of benzene rings is 1. The quantitative estimate of drug-likeness (QED) is 0.239. The zero-order chi connectivity index (χ0) is 19.3. The predicted octanol–water partition coefficient (Wildman–Crippen LogP) is -2.06. The maximum Gasteiger partial charge on any atom is 0.229 e. The molecule has 0 saturated heterocycles. The molecular weight excluding hydrogens is 346 g/mol. The summed E-state index contributed by atoms with van der Waals surface area (Å²) in [4.78, 5) is 11.9. The largest absolute Gasteiger partial charge is 0.392 e. The molecule has 0 aliphatic rings. The van der Waals surface area contributed by atoms with Gasteiger partial charge in [0.25, 0.3) is 0 Å². The van der Waals surface area contributed by atoms with Crippen LogP contribution in [0.15, 0.2) is 0 Å². The van der Waals surface area contributed by atoms with Crippen molar-refractivity contribution in [2.24, 2.45) is 0 Å². The molecule has 11 heteroatoms. The fourth-order valence-electron chi connectivity index (χ4n) is 2.88. The molecule has 0 fully saturated rings. The minimum absolute atomic E-state index is 0.0320. The van der Waals surface area contributed by atoms with Gasteiger partial charge in [-0.25, -0.2) is 0 Å². The minimum atomic E-state index is -0.550. The number of aliphatic hydroxyl groups excluding tert-OH is 6. The van der Waals surface area contributed by atoms with Crippen LogP contribution in [0.3, 0.4) is 0 Å². The van der Waals surface area contributed by atoms with E-state index < -0.39 is 39.8 Å². The lowest BCUT2D eigenvalue weighted by Gasteiger charge is -2.22. The standard InChI is InChI=1S/C15H21N5O6/c16-14-18-13(19-15(20-14)17-6-26)12-10(4-24)8(2-22)7(1-21)9(3-23)11(12)5-25/h21-26H,1-6H2,(H3,16,17,18,19,20). The summed E-state index contributed by atoms with van der Waals surface area (Å²) in [6, 6.07) is 0. The molecule has 1 heterocycles. The normalized spacial score (nSPS) is 11.0. The molecule has 0 aliphatic heterocycles. The number of nitrogens with two attached hydrogens (primary N) is 1. The third-order valence-corrected chi connectivity index (χ3v) is 3.96. The van der Waals surface area contributed by atoms with Crippen LogP contribution in [0.2, 0.25) is 0 Å². The first-order valence-electron chi connectivity index (χ1n) is 7.65. The molecule has 0 saturated carbocycles. The highest BCUT2D eigenvalue weighted by molar-refractivity contribution is 5.71. The van der Waals surface area contributed by atoms with Crippen molar-refractivity contribution in [3.63, 3.8) is 0 Å². The van der Waals surface area contributed by atoms with E-state index in [-0.39, 0.29) is 51.1 Å². The fourth-order valence-corrected chi connectivity index (χ4v) is 2.88. The molecule has 2 aromatic rings. The summed E-state index contributed by atoms with van der Waals surface area (Å²) in [7, 11) is 0. The van der Waals surface area contributed by atoms with Crippen molar-refractivity contribution >= 4 is 11.9 Å². The number of hydrogen-bond acceptors (Lipinski definition) is 11. The molecule has 0 aliphatic carbocycles. The molecule has 0 radical (unpaired) electrons. The average molecular weight is 367 g/mol. The van der Waals surface area contributed by atoms with E-state index in [1.807, 2.05) is 0 Å². The Morgan fingerprint density at radius 1 is 0.654 bits per heavy atom. The van der Waals surface area contributed by atoms with Crippen LogP contribution in [-0.4, -0.2) is 52.3 Å². The van der Waals surface area contributed by atoms with Crippen molar-refractivity contribution < 1.29 is 30.6 Å². The molecule has 1 aromatic heterocycles. The zero-order valence-corrected chi connectivity index (χ0v) is 13.8. The van der Waals surface area contributed by atoms with Gasteiger partial charge < -0.3 is 41.7 Å². The Morgan fingerprint density at radius 2 is 1.12 bits per heavy atom. The number of anilines is 2. The molecule has 2 rings (SSSR count). The van der Waals surface area contributed by atoms with Crippen molar-refractivity contribution in [2.75, 3.05) is 17.8 Å². The Hall–Kier alpha value is -2.41. The lowest BCUT2D eigenvalue weighted by Crippen LogP contribution is -2.15. The summed E-state index contributed by atoms with van der Waals surface area (Å²) in [5, 5.41) is 60.2. The molecule has 0 unspecified atom stereocenters. The van der Waals surface area contributed by atoms with E-state index in [0.29, 0.717) is 0 Å². The maximum atomic E-state index is 9.84. The van der Waals surface area contributed by atoms with E-state index >= 15 is 0 Å². The Morgan fingerprint density at radius 3 is 1.54 bits per heavy atom. The first-order chi connectivity index (χ1) is 12.6. The number of nitrogens with zero attached hydrogens (tertiary/aromatic N) is 3. The second-order valence-corrected chi connectivity index (χ2v) is 5.23. The van der Waals surface area contributed by atoms with E-state index in [2.05, 4.69) is 20.3 Å². The van der Waals surface area contributed by atoms with Gasteiger partial charge in [0.2, 0.25) is 11.9 Å². The van der Waals surface area contributed by atoms with Crippen molar-refractivity contribution in [1.29, 1.82) is 0 Å². The van der Waals surface area contributed by atoms with Gasteiger partial charge in [-0.05, 0) is 27.8 Å². The third kappa shape index (κ3) is 3.58. The van der Waals surface area contributed by atoms with Gasteiger partial charge in [0.15, 0.2) is 5.82 Å². The SMILES string of the molecule is Nc1nc(NCO)nc(-c2c(CO)c(CO)c(CO)c(CO)c2CO)n1. The van der Waals surface area contributed by atoms with Crippen LogP contribution in [0.4, 0.5) is 11.9 Å². The molecule has 11 nitrogen and oxygen atoms in total. The van der Waals surface area contributed by atoms with Gasteiger partial charge >= 0.3 is 0 Å². The smallest absolute Gasteiger partial charge is 0.229 e. The molecule has 26 heavy (non-hydrogen) atoms. The van der Waals surface area contributed by atoms with Crippen LogP contribution >= 0.6 is 0 Å².